The van der Waals surface area contributed by atoms with Crippen molar-refractivity contribution in [3.05, 3.63) is 36.2 Å². The van der Waals surface area contributed by atoms with Gasteiger partial charge < -0.3 is 9.30 Å². The fraction of sp³-hybridized carbons (Fsp3) is 0.462. The van der Waals surface area contributed by atoms with E-state index in [4.69, 9.17) is 4.74 Å². The Labute approximate surface area is 128 Å². The van der Waals surface area contributed by atoms with Crippen LogP contribution in [0.4, 0.5) is 0 Å². The van der Waals surface area contributed by atoms with E-state index in [1.807, 2.05) is 11.5 Å². The number of aromatic nitrogens is 4. The van der Waals surface area contributed by atoms with Crippen molar-refractivity contribution in [1.82, 2.24) is 24.1 Å². The number of hydrogen-bond acceptors (Lipinski definition) is 6. The molecule has 0 saturated carbocycles. The number of sulfonamides is 1. The molecule has 0 aromatic carbocycles. The van der Waals surface area contributed by atoms with Gasteiger partial charge >= 0.3 is 0 Å². The number of methoxy groups -OCH3 is 1. The molecule has 9 heteroatoms. The topological polar surface area (TPSA) is 90.2 Å². The lowest BCUT2D eigenvalue weighted by atomic mass is 10.2. The van der Waals surface area contributed by atoms with Gasteiger partial charge in [-0.3, -0.25) is 4.98 Å². The smallest absolute Gasteiger partial charge is 0.245 e. The molecule has 1 atom stereocenters. The molecule has 0 N–H and O–H groups in total. The molecular formula is C13H17N5O3S. The highest BCUT2D eigenvalue weighted by molar-refractivity contribution is 7.89. The van der Waals surface area contributed by atoms with Crippen molar-refractivity contribution in [3.63, 3.8) is 0 Å². The molecule has 0 saturated heterocycles. The minimum Gasteiger partial charge on any atom is -0.377 e. The monoisotopic (exact) mass is 323 g/mol. The summed E-state index contributed by atoms with van der Waals surface area (Å²) in [7, 11) is -1.99. The lowest BCUT2D eigenvalue weighted by Crippen LogP contribution is -2.40. The standard InChI is InChI=1S/C13H17N5O3S/c1-10-7-17(22(19,20)11-4-3-5-14-6-11)8-12-15-16-13(9-21-2)18(10)12/h3-6,10H,7-9H2,1-2H3/t10-/m0/s1. The Hall–Kier alpha value is -1.84. The predicted molar refractivity (Wildman–Crippen MR) is 77.3 cm³/mol. The van der Waals surface area contributed by atoms with E-state index in [2.05, 4.69) is 15.2 Å². The minimum atomic E-state index is -3.58. The van der Waals surface area contributed by atoms with Gasteiger partial charge in [0.1, 0.15) is 17.3 Å². The summed E-state index contributed by atoms with van der Waals surface area (Å²) in [6.07, 6.45) is 2.90. The molecule has 0 aliphatic carbocycles. The SMILES string of the molecule is COCc1nnc2n1[C@@H](C)CN(S(=O)(=O)c1cccnc1)C2. The Bertz CT molecular complexity index is 759. The molecule has 1 aliphatic rings. The Balaban J connectivity index is 1.93. The highest BCUT2D eigenvalue weighted by atomic mass is 32.2. The Morgan fingerprint density at radius 3 is 2.91 bits per heavy atom. The number of hydrogen-bond donors (Lipinski definition) is 0. The van der Waals surface area contributed by atoms with E-state index in [0.717, 1.165) is 0 Å². The summed E-state index contributed by atoms with van der Waals surface area (Å²) in [6.45, 7) is 2.85. The molecule has 0 unspecified atom stereocenters. The summed E-state index contributed by atoms with van der Waals surface area (Å²) < 4.78 is 33.8. The first kappa shape index (κ1) is 15.1. The number of nitrogens with zero attached hydrogens (tertiary/aromatic N) is 5. The molecule has 8 nitrogen and oxygen atoms in total. The van der Waals surface area contributed by atoms with Crippen LogP contribution in [0.2, 0.25) is 0 Å². The number of rotatable bonds is 4. The molecule has 2 aromatic heterocycles. The van der Waals surface area contributed by atoms with Gasteiger partial charge in [-0.25, -0.2) is 8.42 Å². The third kappa shape index (κ3) is 2.51. The molecule has 1 aliphatic heterocycles. The van der Waals surface area contributed by atoms with Gasteiger partial charge in [-0.15, -0.1) is 10.2 Å². The Morgan fingerprint density at radius 1 is 1.41 bits per heavy atom. The number of fused-ring (bicyclic) bond motifs is 1. The van der Waals surface area contributed by atoms with Crippen LogP contribution in [-0.4, -0.2) is 46.1 Å². The van der Waals surface area contributed by atoms with Crippen LogP contribution < -0.4 is 0 Å². The average molecular weight is 323 g/mol. The molecule has 0 amide bonds. The summed E-state index contributed by atoms with van der Waals surface area (Å²) >= 11 is 0. The van der Waals surface area contributed by atoms with E-state index in [0.29, 0.717) is 24.8 Å². The maximum absolute atomic E-state index is 12.7. The maximum Gasteiger partial charge on any atom is 0.245 e. The molecule has 3 heterocycles. The first-order valence-corrected chi connectivity index (χ1v) is 8.30. The van der Waals surface area contributed by atoms with E-state index < -0.39 is 10.0 Å². The van der Waals surface area contributed by atoms with Crippen molar-refractivity contribution in [2.45, 2.75) is 31.0 Å². The van der Waals surface area contributed by atoms with Crippen molar-refractivity contribution in [3.8, 4) is 0 Å². The molecule has 0 radical (unpaired) electrons. The summed E-state index contributed by atoms with van der Waals surface area (Å²) in [6, 6.07) is 3.10. The average Bonchev–Trinajstić information content (AvgIpc) is 2.92. The molecule has 0 fully saturated rings. The van der Waals surface area contributed by atoms with Crippen molar-refractivity contribution in [2.24, 2.45) is 0 Å². The molecule has 0 bridgehead atoms. The largest absolute Gasteiger partial charge is 0.377 e. The maximum atomic E-state index is 12.7. The molecule has 0 spiro atoms. The highest BCUT2D eigenvalue weighted by Gasteiger charge is 2.34. The number of pyridine rings is 1. The highest BCUT2D eigenvalue weighted by Crippen LogP contribution is 2.26. The quantitative estimate of drug-likeness (QED) is 0.818. The fourth-order valence-corrected chi connectivity index (χ4v) is 4.08. The summed E-state index contributed by atoms with van der Waals surface area (Å²) in [5.74, 6) is 1.33. The van der Waals surface area contributed by atoms with Gasteiger partial charge in [0.2, 0.25) is 10.0 Å². The van der Waals surface area contributed by atoms with E-state index >= 15 is 0 Å². The third-order valence-corrected chi connectivity index (χ3v) is 5.40. The predicted octanol–water partition coefficient (Wildman–Crippen LogP) is 0.585. The van der Waals surface area contributed by atoms with Crippen molar-refractivity contribution >= 4 is 10.0 Å². The summed E-state index contributed by atoms with van der Waals surface area (Å²) in [4.78, 5) is 4.07. The number of ether oxygens (including phenoxy) is 1. The van der Waals surface area contributed by atoms with E-state index in [1.165, 1.54) is 10.5 Å². The molecular weight excluding hydrogens is 306 g/mol. The summed E-state index contributed by atoms with van der Waals surface area (Å²) in [5.41, 5.74) is 0. The van der Waals surface area contributed by atoms with Crippen LogP contribution >= 0.6 is 0 Å². The Morgan fingerprint density at radius 2 is 2.23 bits per heavy atom. The zero-order valence-electron chi connectivity index (χ0n) is 12.4. The third-order valence-electron chi connectivity index (χ3n) is 3.61. The van der Waals surface area contributed by atoms with Gasteiger partial charge in [0.25, 0.3) is 0 Å². The van der Waals surface area contributed by atoms with Gasteiger partial charge in [-0.05, 0) is 19.1 Å². The van der Waals surface area contributed by atoms with Crippen LogP contribution in [0.1, 0.15) is 24.6 Å². The van der Waals surface area contributed by atoms with Crippen molar-refractivity contribution in [1.29, 1.82) is 0 Å². The first-order valence-electron chi connectivity index (χ1n) is 6.86. The molecule has 118 valence electrons. The first-order chi connectivity index (χ1) is 10.5. The molecule has 3 rings (SSSR count). The minimum absolute atomic E-state index is 0.0599. The van der Waals surface area contributed by atoms with Gasteiger partial charge in [0.15, 0.2) is 5.82 Å². The zero-order chi connectivity index (χ0) is 15.7. The van der Waals surface area contributed by atoms with Gasteiger partial charge in [0.05, 0.1) is 6.54 Å². The van der Waals surface area contributed by atoms with E-state index in [1.54, 1.807) is 25.4 Å². The van der Waals surface area contributed by atoms with E-state index in [-0.39, 0.29) is 17.5 Å². The van der Waals surface area contributed by atoms with Gasteiger partial charge in [0, 0.05) is 32.1 Å². The lowest BCUT2D eigenvalue weighted by molar-refractivity contribution is 0.168. The van der Waals surface area contributed by atoms with Crippen molar-refractivity contribution in [2.75, 3.05) is 13.7 Å². The summed E-state index contributed by atoms with van der Waals surface area (Å²) in [5, 5.41) is 8.18. The zero-order valence-corrected chi connectivity index (χ0v) is 13.2. The van der Waals surface area contributed by atoms with Gasteiger partial charge in [-0.2, -0.15) is 4.31 Å². The normalized spacial score (nSPS) is 19.1. The van der Waals surface area contributed by atoms with Gasteiger partial charge in [-0.1, -0.05) is 0 Å². The van der Waals surface area contributed by atoms with Crippen LogP contribution in [0.5, 0.6) is 0 Å². The van der Waals surface area contributed by atoms with Crippen molar-refractivity contribution < 1.29 is 13.2 Å². The van der Waals surface area contributed by atoms with E-state index in [9.17, 15) is 8.42 Å². The molecule has 22 heavy (non-hydrogen) atoms. The second kappa shape index (κ2) is 5.75. The van der Waals surface area contributed by atoms with Crippen LogP contribution in [0, 0.1) is 0 Å². The second-order valence-electron chi connectivity index (χ2n) is 5.17. The fourth-order valence-electron chi connectivity index (χ4n) is 2.64. The van der Waals surface area contributed by atoms with Crippen LogP contribution in [0.3, 0.4) is 0 Å². The Kier molecular flexibility index (Phi) is 3.94. The lowest BCUT2D eigenvalue weighted by Gasteiger charge is -2.31. The molecule has 2 aromatic rings. The van der Waals surface area contributed by atoms with Crippen LogP contribution in [0.15, 0.2) is 29.4 Å². The van der Waals surface area contributed by atoms with Crippen LogP contribution in [-0.2, 0) is 27.9 Å². The van der Waals surface area contributed by atoms with Crippen LogP contribution in [0.25, 0.3) is 0 Å². The second-order valence-corrected chi connectivity index (χ2v) is 7.11.